The van der Waals surface area contributed by atoms with E-state index in [1.165, 1.54) is 17.4 Å². The Balaban J connectivity index is 1.69. The molecular formula is C24H13N5O2S. The topological polar surface area (TPSA) is 107 Å². The van der Waals surface area contributed by atoms with E-state index < -0.39 is 0 Å². The Bertz CT molecular complexity index is 1500. The lowest BCUT2D eigenvalue weighted by Gasteiger charge is -2.08. The quantitative estimate of drug-likeness (QED) is 0.264. The van der Waals surface area contributed by atoms with E-state index in [0.29, 0.717) is 29.4 Å². The Hall–Kier alpha value is -4.76. The molecule has 32 heavy (non-hydrogen) atoms. The summed E-state index contributed by atoms with van der Waals surface area (Å²) >= 11 is 1.44. The fraction of sp³-hybridized carbons (Fsp3) is 0.0833. The van der Waals surface area contributed by atoms with Crippen molar-refractivity contribution in [3.63, 3.8) is 0 Å². The van der Waals surface area contributed by atoms with Crippen LogP contribution >= 0.6 is 11.3 Å². The van der Waals surface area contributed by atoms with E-state index in [9.17, 15) is 0 Å². The molecule has 0 spiro atoms. The minimum absolute atomic E-state index is 0.0426. The Morgan fingerprint density at radius 1 is 1.03 bits per heavy atom. The van der Waals surface area contributed by atoms with Gasteiger partial charge in [0.1, 0.15) is 29.1 Å². The summed E-state index contributed by atoms with van der Waals surface area (Å²) < 4.78 is 14.9. The van der Waals surface area contributed by atoms with Crippen molar-refractivity contribution < 1.29 is 8.83 Å². The summed E-state index contributed by atoms with van der Waals surface area (Å²) in [6.45, 7) is 9.68. The van der Waals surface area contributed by atoms with Gasteiger partial charge in [-0.2, -0.15) is 10.5 Å². The van der Waals surface area contributed by atoms with Crippen molar-refractivity contribution in [2.45, 2.75) is 13.5 Å². The highest BCUT2D eigenvalue weighted by molar-refractivity contribution is 7.19. The van der Waals surface area contributed by atoms with E-state index in [1.807, 2.05) is 49.4 Å². The normalized spacial score (nSPS) is 10.8. The van der Waals surface area contributed by atoms with Crippen molar-refractivity contribution >= 4 is 33.8 Å². The summed E-state index contributed by atoms with van der Waals surface area (Å²) in [4.78, 5) is 3.93. The SMILES string of the molecule is [C-]#[N+]/C(C#N)=C/c1ccc(-c2ccc(-c3cc4sc(C=C(C#N)C#N)cc4o3)n2CC)o1. The van der Waals surface area contributed by atoms with Gasteiger partial charge >= 0.3 is 0 Å². The minimum atomic E-state index is -0.0426. The maximum atomic E-state index is 8.93. The number of furan rings is 2. The van der Waals surface area contributed by atoms with Crippen molar-refractivity contribution in [2.24, 2.45) is 0 Å². The zero-order valence-electron chi connectivity index (χ0n) is 16.8. The predicted octanol–water partition coefficient (Wildman–Crippen LogP) is 6.46. The van der Waals surface area contributed by atoms with E-state index in [-0.39, 0.29) is 11.3 Å². The molecule has 0 aromatic carbocycles. The van der Waals surface area contributed by atoms with Crippen LogP contribution in [0.3, 0.4) is 0 Å². The van der Waals surface area contributed by atoms with Crippen LogP contribution in [0.5, 0.6) is 0 Å². The lowest BCUT2D eigenvalue weighted by molar-refractivity contribution is 0.562. The van der Waals surface area contributed by atoms with E-state index in [0.717, 1.165) is 21.0 Å². The molecule has 152 valence electrons. The number of nitriles is 3. The number of nitrogens with zero attached hydrogens (tertiary/aromatic N) is 5. The van der Waals surface area contributed by atoms with E-state index in [4.69, 9.17) is 31.2 Å². The first-order chi connectivity index (χ1) is 15.6. The Kier molecular flexibility index (Phi) is 5.47. The third-order valence-corrected chi connectivity index (χ3v) is 5.71. The van der Waals surface area contributed by atoms with Crippen molar-refractivity contribution in [3.8, 4) is 41.1 Å². The van der Waals surface area contributed by atoms with Gasteiger partial charge in [0.25, 0.3) is 5.70 Å². The summed E-state index contributed by atoms with van der Waals surface area (Å²) in [6, 6.07) is 16.7. The lowest BCUT2D eigenvalue weighted by Crippen LogP contribution is -1.98. The van der Waals surface area contributed by atoms with Gasteiger partial charge < -0.3 is 13.4 Å². The van der Waals surface area contributed by atoms with Crippen LogP contribution in [0.2, 0.25) is 0 Å². The van der Waals surface area contributed by atoms with Gasteiger partial charge in [-0.05, 0) is 49.4 Å². The van der Waals surface area contributed by atoms with Gasteiger partial charge in [0.05, 0.1) is 28.7 Å². The van der Waals surface area contributed by atoms with Gasteiger partial charge in [-0.3, -0.25) is 0 Å². The van der Waals surface area contributed by atoms with Gasteiger partial charge in [0.2, 0.25) is 0 Å². The van der Waals surface area contributed by atoms with Gasteiger partial charge in [0.15, 0.2) is 11.5 Å². The summed E-state index contributed by atoms with van der Waals surface area (Å²) in [7, 11) is 0. The molecule has 0 saturated carbocycles. The largest absolute Gasteiger partial charge is 0.456 e. The van der Waals surface area contributed by atoms with E-state index in [1.54, 1.807) is 18.2 Å². The van der Waals surface area contributed by atoms with Crippen molar-refractivity contribution in [3.05, 3.63) is 69.7 Å². The molecule has 8 heteroatoms. The summed E-state index contributed by atoms with van der Waals surface area (Å²) in [5.41, 5.74) is 2.42. The minimum Gasteiger partial charge on any atom is -0.456 e. The number of aromatic nitrogens is 1. The van der Waals surface area contributed by atoms with Crippen molar-refractivity contribution in [1.82, 2.24) is 4.57 Å². The Labute approximate surface area is 187 Å². The monoisotopic (exact) mass is 435 g/mol. The van der Waals surface area contributed by atoms with Gasteiger partial charge in [-0.25, -0.2) is 10.1 Å². The van der Waals surface area contributed by atoms with Gasteiger partial charge in [-0.1, -0.05) is 0 Å². The molecule has 0 unspecified atom stereocenters. The van der Waals surface area contributed by atoms with Gasteiger partial charge in [-0.15, -0.1) is 11.3 Å². The molecule has 0 aliphatic rings. The van der Waals surface area contributed by atoms with E-state index in [2.05, 4.69) is 9.41 Å². The number of rotatable bonds is 5. The third kappa shape index (κ3) is 3.71. The van der Waals surface area contributed by atoms with Crippen LogP contribution in [-0.2, 0) is 6.54 Å². The maximum absolute atomic E-state index is 8.93. The molecule has 0 atom stereocenters. The molecule has 0 bridgehead atoms. The molecule has 0 amide bonds. The van der Waals surface area contributed by atoms with Crippen molar-refractivity contribution in [2.75, 3.05) is 0 Å². The fourth-order valence-electron chi connectivity index (χ4n) is 3.31. The molecule has 0 saturated heterocycles. The molecule has 7 nitrogen and oxygen atoms in total. The zero-order chi connectivity index (χ0) is 22.7. The highest BCUT2D eigenvalue weighted by Crippen LogP contribution is 2.37. The van der Waals surface area contributed by atoms with Crippen LogP contribution in [-0.4, -0.2) is 4.57 Å². The number of hydrogen-bond acceptors (Lipinski definition) is 6. The molecule has 0 radical (unpaired) electrons. The molecule has 4 heterocycles. The molecule has 4 rings (SSSR count). The third-order valence-electron chi connectivity index (χ3n) is 4.70. The predicted molar refractivity (Wildman–Crippen MR) is 120 cm³/mol. The van der Waals surface area contributed by atoms with Crippen LogP contribution in [0.1, 0.15) is 17.6 Å². The average molecular weight is 435 g/mol. The molecule has 0 fully saturated rings. The molecule has 4 aromatic rings. The number of thiophene rings is 1. The molecule has 4 aromatic heterocycles. The fourth-order valence-corrected chi connectivity index (χ4v) is 4.28. The van der Waals surface area contributed by atoms with Crippen molar-refractivity contribution in [1.29, 1.82) is 15.8 Å². The smallest absolute Gasteiger partial charge is 0.265 e. The highest BCUT2D eigenvalue weighted by atomic mass is 32.1. The highest BCUT2D eigenvalue weighted by Gasteiger charge is 2.17. The molecule has 0 aliphatic heterocycles. The molecule has 0 N–H and O–H groups in total. The number of fused-ring (bicyclic) bond motifs is 1. The zero-order valence-corrected chi connectivity index (χ0v) is 17.6. The van der Waals surface area contributed by atoms with Crippen LogP contribution in [0, 0.1) is 40.6 Å². The van der Waals surface area contributed by atoms with E-state index >= 15 is 0 Å². The van der Waals surface area contributed by atoms with Crippen LogP contribution in [0.15, 0.2) is 56.5 Å². The Morgan fingerprint density at radius 3 is 2.41 bits per heavy atom. The first-order valence-electron chi connectivity index (χ1n) is 9.44. The maximum Gasteiger partial charge on any atom is 0.265 e. The first kappa shape index (κ1) is 20.5. The number of hydrogen-bond donors (Lipinski definition) is 0. The number of allylic oxidation sites excluding steroid dienone is 2. The second-order valence-electron chi connectivity index (χ2n) is 6.57. The summed E-state index contributed by atoms with van der Waals surface area (Å²) in [5, 5.41) is 26.8. The molecular weight excluding hydrogens is 422 g/mol. The molecule has 0 aliphatic carbocycles. The second kappa shape index (κ2) is 8.54. The lowest BCUT2D eigenvalue weighted by atomic mass is 10.3. The van der Waals surface area contributed by atoms with Crippen LogP contribution in [0.4, 0.5) is 0 Å². The van der Waals surface area contributed by atoms with Crippen LogP contribution < -0.4 is 0 Å². The average Bonchev–Trinajstić information content (AvgIpc) is 3.57. The summed E-state index contributed by atoms with van der Waals surface area (Å²) in [6.07, 6.45) is 2.95. The summed E-state index contributed by atoms with van der Waals surface area (Å²) in [5.74, 6) is 1.75. The Morgan fingerprint density at radius 2 is 1.78 bits per heavy atom. The standard InChI is InChI=1S/C24H13N5O2S/c1-3-29-19(21-7-4-17(30-21)9-16(14-27)28-2)5-6-20(29)22-11-24-23(31-22)10-18(32-24)8-15(12-25)13-26/h4-11H,3H2,1H3/b16-9+. The van der Waals surface area contributed by atoms with Crippen LogP contribution in [0.25, 0.3) is 50.2 Å². The second-order valence-corrected chi connectivity index (χ2v) is 7.69. The van der Waals surface area contributed by atoms with Gasteiger partial charge in [0, 0.05) is 17.5 Å². The first-order valence-corrected chi connectivity index (χ1v) is 10.3.